The van der Waals surface area contributed by atoms with E-state index in [1.54, 1.807) is 12.3 Å². The SMILES string of the molecule is CC[C@H]1c2cc(-c3c(F)cccc3F)nnc2[C@](C)(c2ccnc(-n3cnc(CNS(C)(=O)=O)n3)n2)C1(C)C. The Morgan fingerprint density at radius 2 is 1.79 bits per heavy atom. The Balaban J connectivity index is 1.59. The average Bonchev–Trinajstić information content (AvgIpc) is 3.42. The number of fused-ring (bicyclic) bond motifs is 1. The summed E-state index contributed by atoms with van der Waals surface area (Å²) in [7, 11) is -3.40. The Morgan fingerprint density at radius 1 is 1.08 bits per heavy atom. The summed E-state index contributed by atoms with van der Waals surface area (Å²) < 4.78 is 55.7. The van der Waals surface area contributed by atoms with E-state index in [0.29, 0.717) is 11.4 Å². The van der Waals surface area contributed by atoms with Gasteiger partial charge >= 0.3 is 0 Å². The Kier molecular flexibility index (Phi) is 6.54. The van der Waals surface area contributed by atoms with Gasteiger partial charge < -0.3 is 0 Å². The Morgan fingerprint density at radius 3 is 2.46 bits per heavy atom. The first-order valence-corrected chi connectivity index (χ1v) is 14.3. The van der Waals surface area contributed by atoms with Gasteiger partial charge in [0.05, 0.1) is 40.9 Å². The molecule has 0 radical (unpaired) electrons. The molecule has 0 unspecified atom stereocenters. The second kappa shape index (κ2) is 9.49. The van der Waals surface area contributed by atoms with E-state index in [-0.39, 0.29) is 35.5 Å². The van der Waals surface area contributed by atoms with Crippen molar-refractivity contribution in [3.8, 4) is 17.2 Å². The maximum absolute atomic E-state index is 14.6. The predicted octanol–water partition coefficient (Wildman–Crippen LogP) is 3.68. The fraction of sp³-hybridized carbons (Fsp3) is 0.385. The van der Waals surface area contributed by atoms with Crippen LogP contribution in [0.5, 0.6) is 0 Å². The quantitative estimate of drug-likeness (QED) is 0.366. The van der Waals surface area contributed by atoms with Crippen molar-refractivity contribution in [2.24, 2.45) is 5.41 Å². The van der Waals surface area contributed by atoms with Gasteiger partial charge in [0.1, 0.15) is 18.0 Å². The molecular weight excluding hydrogens is 526 g/mol. The molecule has 0 bridgehead atoms. The van der Waals surface area contributed by atoms with E-state index in [2.05, 4.69) is 50.8 Å². The second-order valence-electron chi connectivity index (χ2n) is 10.4. The third kappa shape index (κ3) is 4.48. The van der Waals surface area contributed by atoms with Gasteiger partial charge in [0.25, 0.3) is 5.95 Å². The van der Waals surface area contributed by atoms with Crippen LogP contribution in [0.25, 0.3) is 17.2 Å². The minimum atomic E-state index is -3.40. The van der Waals surface area contributed by atoms with Crippen LogP contribution in [-0.2, 0) is 22.0 Å². The highest BCUT2D eigenvalue weighted by molar-refractivity contribution is 7.88. The predicted molar refractivity (Wildman–Crippen MR) is 139 cm³/mol. The van der Waals surface area contributed by atoms with E-state index in [1.807, 2.05) is 13.0 Å². The van der Waals surface area contributed by atoms with Crippen molar-refractivity contribution < 1.29 is 17.2 Å². The summed E-state index contributed by atoms with van der Waals surface area (Å²) in [6, 6.07) is 7.27. The molecule has 1 N–H and O–H groups in total. The van der Waals surface area contributed by atoms with Crippen molar-refractivity contribution in [2.75, 3.05) is 6.26 Å². The second-order valence-corrected chi connectivity index (χ2v) is 12.2. The molecule has 2 atom stereocenters. The smallest absolute Gasteiger partial charge is 0.220 e. The van der Waals surface area contributed by atoms with E-state index in [4.69, 9.17) is 4.98 Å². The molecule has 0 saturated heterocycles. The minimum absolute atomic E-state index is 0.0000369. The van der Waals surface area contributed by atoms with Gasteiger partial charge in [0, 0.05) is 6.20 Å². The molecule has 0 amide bonds. The van der Waals surface area contributed by atoms with Gasteiger partial charge in [-0.25, -0.2) is 36.9 Å². The molecule has 3 aromatic heterocycles. The summed E-state index contributed by atoms with van der Waals surface area (Å²) in [6.45, 7) is 8.28. The van der Waals surface area contributed by atoms with E-state index in [1.165, 1.54) is 29.2 Å². The van der Waals surface area contributed by atoms with Crippen LogP contribution in [0.1, 0.15) is 62.8 Å². The van der Waals surface area contributed by atoms with Gasteiger partial charge in [-0.15, -0.1) is 10.2 Å². The van der Waals surface area contributed by atoms with E-state index in [9.17, 15) is 17.2 Å². The molecule has 1 aliphatic carbocycles. The summed E-state index contributed by atoms with van der Waals surface area (Å²) >= 11 is 0. The lowest BCUT2D eigenvalue weighted by Crippen LogP contribution is -2.40. The zero-order valence-corrected chi connectivity index (χ0v) is 23.0. The summed E-state index contributed by atoms with van der Waals surface area (Å²) in [5.74, 6) is -0.882. The molecule has 0 fully saturated rings. The summed E-state index contributed by atoms with van der Waals surface area (Å²) in [4.78, 5) is 13.3. The molecule has 1 aliphatic rings. The third-order valence-electron chi connectivity index (χ3n) is 7.85. The molecule has 0 saturated carbocycles. The van der Waals surface area contributed by atoms with Crippen LogP contribution in [0.4, 0.5) is 8.78 Å². The molecule has 0 aliphatic heterocycles. The van der Waals surface area contributed by atoms with Gasteiger partial charge in [-0.05, 0) is 54.5 Å². The molecule has 39 heavy (non-hydrogen) atoms. The summed E-state index contributed by atoms with van der Waals surface area (Å²) in [6.07, 6.45) is 4.85. The molecule has 1 aromatic carbocycles. The van der Waals surface area contributed by atoms with Crippen LogP contribution in [0.15, 0.2) is 42.9 Å². The van der Waals surface area contributed by atoms with Gasteiger partial charge in [0.15, 0.2) is 5.82 Å². The Hall–Kier alpha value is -3.71. The lowest BCUT2D eigenvalue weighted by Gasteiger charge is -2.41. The van der Waals surface area contributed by atoms with E-state index >= 15 is 0 Å². The standard InChI is InChI=1S/C26H28F2N8O2S/c1-6-16-15-12-19(22-17(27)8-7-9-18(22)28)33-34-23(15)26(4,25(16,2)3)20-10-11-29-24(32-20)36-14-30-21(35-36)13-31-39(5,37)38/h7-12,14,16,31H,6,13H2,1-5H3/t16-,26-/m0/s1. The van der Waals surface area contributed by atoms with Crippen LogP contribution in [0, 0.1) is 17.0 Å². The number of hydrogen-bond acceptors (Lipinski definition) is 8. The minimum Gasteiger partial charge on any atom is -0.220 e. The van der Waals surface area contributed by atoms with Crippen molar-refractivity contribution in [1.82, 2.24) is 39.7 Å². The number of nitrogens with one attached hydrogen (secondary N) is 1. The molecule has 4 aromatic rings. The number of nitrogens with zero attached hydrogens (tertiary/aromatic N) is 7. The molecular formula is C26H28F2N8O2S. The van der Waals surface area contributed by atoms with E-state index < -0.39 is 32.5 Å². The van der Waals surface area contributed by atoms with Crippen LogP contribution in [0.3, 0.4) is 0 Å². The van der Waals surface area contributed by atoms with Gasteiger partial charge in [-0.3, -0.25) is 0 Å². The Labute approximate surface area is 225 Å². The highest BCUT2D eigenvalue weighted by Crippen LogP contribution is 2.61. The van der Waals surface area contributed by atoms with Crippen molar-refractivity contribution >= 4 is 10.0 Å². The molecule has 3 heterocycles. The fourth-order valence-electron chi connectivity index (χ4n) is 5.56. The Bertz CT molecular complexity index is 1650. The number of hydrogen-bond donors (Lipinski definition) is 1. The number of benzene rings is 1. The number of aromatic nitrogens is 7. The maximum atomic E-state index is 14.6. The van der Waals surface area contributed by atoms with Crippen LogP contribution < -0.4 is 4.72 Å². The van der Waals surface area contributed by atoms with E-state index in [0.717, 1.165) is 18.2 Å². The number of rotatable bonds is 7. The van der Waals surface area contributed by atoms with Crippen molar-refractivity contribution in [3.05, 3.63) is 77.3 Å². The molecule has 204 valence electrons. The first-order chi connectivity index (χ1) is 18.4. The zero-order chi connectivity index (χ0) is 28.2. The highest BCUT2D eigenvalue weighted by atomic mass is 32.2. The van der Waals surface area contributed by atoms with Crippen LogP contribution >= 0.6 is 0 Å². The van der Waals surface area contributed by atoms with Crippen LogP contribution in [0.2, 0.25) is 0 Å². The first-order valence-electron chi connectivity index (χ1n) is 12.4. The van der Waals surface area contributed by atoms with Crippen molar-refractivity contribution in [1.29, 1.82) is 0 Å². The molecule has 13 heteroatoms. The van der Waals surface area contributed by atoms with Crippen LogP contribution in [-0.4, -0.2) is 49.6 Å². The average molecular weight is 555 g/mol. The van der Waals surface area contributed by atoms with Crippen molar-refractivity contribution in [3.63, 3.8) is 0 Å². The van der Waals surface area contributed by atoms with Crippen molar-refractivity contribution in [2.45, 2.75) is 52.0 Å². The number of halogens is 2. The highest BCUT2D eigenvalue weighted by Gasteiger charge is 2.57. The molecule has 5 rings (SSSR count). The maximum Gasteiger partial charge on any atom is 0.252 e. The summed E-state index contributed by atoms with van der Waals surface area (Å²) in [5, 5.41) is 13.1. The van der Waals surface area contributed by atoms with Gasteiger partial charge in [0.2, 0.25) is 10.0 Å². The fourth-order valence-corrected chi connectivity index (χ4v) is 5.95. The first kappa shape index (κ1) is 26.9. The number of sulfonamides is 1. The summed E-state index contributed by atoms with van der Waals surface area (Å²) in [5.41, 5.74) is 1.01. The molecule has 10 nitrogen and oxygen atoms in total. The lowest BCUT2D eigenvalue weighted by molar-refractivity contribution is 0.189. The topological polar surface area (TPSA) is 128 Å². The largest absolute Gasteiger partial charge is 0.252 e. The van der Waals surface area contributed by atoms with Gasteiger partial charge in [-0.2, -0.15) is 9.78 Å². The molecule has 0 spiro atoms. The zero-order valence-electron chi connectivity index (χ0n) is 22.1. The monoisotopic (exact) mass is 554 g/mol. The lowest BCUT2D eigenvalue weighted by atomic mass is 9.62. The normalized spacial score (nSPS) is 20.2. The third-order valence-corrected chi connectivity index (χ3v) is 8.52. The van der Waals surface area contributed by atoms with Gasteiger partial charge in [-0.1, -0.05) is 26.8 Å².